The van der Waals surface area contributed by atoms with Gasteiger partial charge < -0.3 is 0 Å². The van der Waals surface area contributed by atoms with Crippen molar-refractivity contribution in [1.29, 1.82) is 0 Å². The van der Waals surface area contributed by atoms with Crippen LogP contribution in [0.3, 0.4) is 0 Å². The van der Waals surface area contributed by atoms with Crippen molar-refractivity contribution in [1.82, 2.24) is 0 Å². The van der Waals surface area contributed by atoms with Gasteiger partial charge in [0.05, 0.1) is 0 Å². The highest BCUT2D eigenvalue weighted by molar-refractivity contribution is 4.76. The number of allylic oxidation sites excluding steroid dienone is 2. The molecule has 0 saturated carbocycles. The number of hydrogen-bond acceptors (Lipinski definition) is 0. The Hall–Kier alpha value is -0.260. The van der Waals surface area contributed by atoms with E-state index >= 15 is 0 Å². The van der Waals surface area contributed by atoms with Crippen LogP contribution in [-0.2, 0) is 0 Å². The highest BCUT2D eigenvalue weighted by atomic mass is 14.1. The first kappa shape index (κ1) is 29.7. The van der Waals surface area contributed by atoms with Crippen LogP contribution in [0, 0.1) is 5.92 Å². The lowest BCUT2D eigenvalue weighted by Crippen LogP contribution is -1.99. The maximum atomic E-state index is 2.42. The second-order valence-corrected chi connectivity index (χ2v) is 9.93. The van der Waals surface area contributed by atoms with E-state index in [1.807, 2.05) is 0 Å². The zero-order chi connectivity index (χ0) is 22.0. The zero-order valence-electron chi connectivity index (χ0n) is 21.7. The summed E-state index contributed by atoms with van der Waals surface area (Å²) in [5.74, 6) is 1.01. The molecular formula is C30H60. The second-order valence-electron chi connectivity index (χ2n) is 9.93. The highest BCUT2D eigenvalue weighted by Crippen LogP contribution is 2.22. The Morgan fingerprint density at radius 3 is 1.20 bits per heavy atom. The third-order valence-electron chi connectivity index (χ3n) is 7.01. The maximum absolute atomic E-state index is 2.42. The molecule has 30 heavy (non-hydrogen) atoms. The molecule has 180 valence electrons. The molecule has 1 atom stereocenters. The molecule has 0 heteroatoms. The van der Waals surface area contributed by atoms with Crippen LogP contribution in [0.15, 0.2) is 12.2 Å². The van der Waals surface area contributed by atoms with Gasteiger partial charge in [-0.3, -0.25) is 0 Å². The quantitative estimate of drug-likeness (QED) is 0.102. The number of unbranched alkanes of at least 4 members (excludes halogenated alkanes) is 19. The minimum absolute atomic E-state index is 1.01. The summed E-state index contributed by atoms with van der Waals surface area (Å²) in [5, 5.41) is 0. The van der Waals surface area contributed by atoms with Gasteiger partial charge in [-0.1, -0.05) is 167 Å². The van der Waals surface area contributed by atoms with Crippen LogP contribution in [0.25, 0.3) is 0 Å². The predicted octanol–water partition coefficient (Wildman–Crippen LogP) is 11.6. The van der Waals surface area contributed by atoms with Crippen LogP contribution >= 0.6 is 0 Å². The summed E-state index contributed by atoms with van der Waals surface area (Å²) in [5.41, 5.74) is 0. The molecule has 0 aliphatic carbocycles. The van der Waals surface area contributed by atoms with Crippen molar-refractivity contribution in [3.8, 4) is 0 Å². The molecule has 0 heterocycles. The Kier molecular flexibility index (Phi) is 26.5. The minimum atomic E-state index is 1.01. The van der Waals surface area contributed by atoms with E-state index in [2.05, 4.69) is 32.9 Å². The van der Waals surface area contributed by atoms with Crippen LogP contribution in [0.5, 0.6) is 0 Å². The van der Waals surface area contributed by atoms with Gasteiger partial charge >= 0.3 is 0 Å². The summed E-state index contributed by atoms with van der Waals surface area (Å²) in [6.07, 6.45) is 39.5. The molecule has 0 aromatic heterocycles. The minimum Gasteiger partial charge on any atom is -0.0917 e. The standard InChI is InChI=1S/C30H60/c1-4-7-9-11-13-15-17-19-21-23-25-27-29-30(6-3)28-26-24-22-20-18-16-14-12-10-8-5-2/h5,8,30H,4,6-7,9-29H2,1-3H3/b8-5+. The third kappa shape index (κ3) is 24.0. The van der Waals surface area contributed by atoms with Gasteiger partial charge in [-0.2, -0.15) is 0 Å². The predicted molar refractivity (Wildman–Crippen MR) is 140 cm³/mol. The topological polar surface area (TPSA) is 0 Å². The Bertz CT molecular complexity index is 316. The van der Waals surface area contributed by atoms with Gasteiger partial charge in [0.25, 0.3) is 0 Å². The van der Waals surface area contributed by atoms with E-state index < -0.39 is 0 Å². The smallest absolute Gasteiger partial charge is 0.0351 e. The van der Waals surface area contributed by atoms with Crippen molar-refractivity contribution in [3.05, 3.63) is 12.2 Å². The summed E-state index contributed by atoms with van der Waals surface area (Å²) < 4.78 is 0. The molecular weight excluding hydrogens is 360 g/mol. The van der Waals surface area contributed by atoms with E-state index in [4.69, 9.17) is 0 Å². The molecule has 0 aliphatic heterocycles. The molecule has 0 aliphatic rings. The fourth-order valence-corrected chi connectivity index (χ4v) is 4.75. The van der Waals surface area contributed by atoms with Crippen LogP contribution in [0.4, 0.5) is 0 Å². The normalized spacial score (nSPS) is 12.8. The molecule has 0 saturated heterocycles. The fraction of sp³-hybridized carbons (Fsp3) is 0.933. The van der Waals surface area contributed by atoms with E-state index in [0.29, 0.717) is 0 Å². The lowest BCUT2D eigenvalue weighted by atomic mass is 9.92. The summed E-state index contributed by atoms with van der Waals surface area (Å²) in [6.45, 7) is 6.85. The summed E-state index contributed by atoms with van der Waals surface area (Å²) in [4.78, 5) is 0. The molecule has 0 amide bonds. The average molecular weight is 421 g/mol. The molecule has 0 bridgehead atoms. The van der Waals surface area contributed by atoms with Crippen LogP contribution in [-0.4, -0.2) is 0 Å². The zero-order valence-corrected chi connectivity index (χ0v) is 21.7. The second kappa shape index (κ2) is 26.8. The van der Waals surface area contributed by atoms with Gasteiger partial charge in [0.1, 0.15) is 0 Å². The van der Waals surface area contributed by atoms with Crippen molar-refractivity contribution in [2.24, 2.45) is 5.92 Å². The number of rotatable bonds is 25. The van der Waals surface area contributed by atoms with E-state index in [1.54, 1.807) is 0 Å². The molecule has 0 rings (SSSR count). The van der Waals surface area contributed by atoms with Crippen LogP contribution < -0.4 is 0 Å². The summed E-state index contributed by atoms with van der Waals surface area (Å²) in [6, 6.07) is 0. The van der Waals surface area contributed by atoms with Crippen molar-refractivity contribution < 1.29 is 0 Å². The van der Waals surface area contributed by atoms with Gasteiger partial charge in [-0.15, -0.1) is 0 Å². The fourth-order valence-electron chi connectivity index (χ4n) is 4.75. The summed E-state index contributed by atoms with van der Waals surface area (Å²) >= 11 is 0. The van der Waals surface area contributed by atoms with Crippen molar-refractivity contribution in [2.45, 2.75) is 175 Å². The molecule has 0 nitrogen and oxygen atoms in total. The van der Waals surface area contributed by atoms with Gasteiger partial charge in [0.2, 0.25) is 0 Å². The molecule has 1 unspecified atom stereocenters. The Morgan fingerprint density at radius 2 is 0.833 bits per heavy atom. The van der Waals surface area contributed by atoms with Crippen LogP contribution in [0.2, 0.25) is 0 Å². The van der Waals surface area contributed by atoms with E-state index in [0.717, 1.165) is 5.92 Å². The molecule has 0 N–H and O–H groups in total. The molecule has 0 fully saturated rings. The first-order chi connectivity index (χ1) is 14.8. The molecule has 0 radical (unpaired) electrons. The first-order valence-corrected chi connectivity index (χ1v) is 14.5. The van der Waals surface area contributed by atoms with Gasteiger partial charge in [-0.25, -0.2) is 0 Å². The largest absolute Gasteiger partial charge is 0.0917 e. The lowest BCUT2D eigenvalue weighted by Gasteiger charge is -2.14. The van der Waals surface area contributed by atoms with Crippen LogP contribution in [0.1, 0.15) is 175 Å². The SMILES string of the molecule is C/C=C/CCCCCCCCCCC(CC)CCCCCCCCCCCCCC. The van der Waals surface area contributed by atoms with Crippen molar-refractivity contribution >= 4 is 0 Å². The lowest BCUT2D eigenvalue weighted by molar-refractivity contribution is 0.392. The summed E-state index contributed by atoms with van der Waals surface area (Å²) in [7, 11) is 0. The van der Waals surface area contributed by atoms with E-state index in [1.165, 1.54) is 154 Å². The van der Waals surface area contributed by atoms with Gasteiger partial charge in [-0.05, 0) is 25.7 Å². The maximum Gasteiger partial charge on any atom is -0.0351 e. The Balaban J connectivity index is 3.28. The first-order valence-electron chi connectivity index (χ1n) is 14.5. The number of hydrogen-bond donors (Lipinski definition) is 0. The highest BCUT2D eigenvalue weighted by Gasteiger charge is 2.06. The van der Waals surface area contributed by atoms with Gasteiger partial charge in [0, 0.05) is 0 Å². The molecule has 0 spiro atoms. The Labute approximate surface area is 193 Å². The van der Waals surface area contributed by atoms with Crippen molar-refractivity contribution in [3.63, 3.8) is 0 Å². The Morgan fingerprint density at radius 1 is 0.467 bits per heavy atom. The average Bonchev–Trinajstić information content (AvgIpc) is 2.76. The third-order valence-corrected chi connectivity index (χ3v) is 7.01. The van der Waals surface area contributed by atoms with E-state index in [-0.39, 0.29) is 0 Å². The van der Waals surface area contributed by atoms with Crippen molar-refractivity contribution in [2.75, 3.05) is 0 Å². The molecule has 0 aromatic rings. The van der Waals surface area contributed by atoms with E-state index in [9.17, 15) is 0 Å². The van der Waals surface area contributed by atoms with Gasteiger partial charge in [0.15, 0.2) is 0 Å². The monoisotopic (exact) mass is 420 g/mol. The molecule has 0 aromatic carbocycles.